The SMILES string of the molecule is Cc1n[nH]c(C)c1S(=O)(=O)N1CCCC(NS(C)(=O)=O)C1. The third-order valence-corrected chi connectivity index (χ3v) is 6.31. The first-order valence-electron chi connectivity index (χ1n) is 6.60. The van der Waals surface area contributed by atoms with E-state index in [4.69, 9.17) is 0 Å². The van der Waals surface area contributed by atoms with Crippen LogP contribution in [-0.2, 0) is 20.0 Å². The van der Waals surface area contributed by atoms with E-state index in [9.17, 15) is 16.8 Å². The van der Waals surface area contributed by atoms with Crippen molar-refractivity contribution in [2.24, 2.45) is 0 Å². The highest BCUT2D eigenvalue weighted by molar-refractivity contribution is 7.89. The van der Waals surface area contributed by atoms with Crippen molar-refractivity contribution in [3.05, 3.63) is 11.4 Å². The maximum absolute atomic E-state index is 12.7. The second-order valence-electron chi connectivity index (χ2n) is 5.36. The van der Waals surface area contributed by atoms with Gasteiger partial charge in [0, 0.05) is 19.1 Å². The third kappa shape index (κ3) is 3.62. The van der Waals surface area contributed by atoms with Gasteiger partial charge < -0.3 is 0 Å². The van der Waals surface area contributed by atoms with E-state index in [1.165, 1.54) is 4.31 Å². The molecule has 1 aromatic heterocycles. The van der Waals surface area contributed by atoms with Gasteiger partial charge in [-0.2, -0.15) is 9.40 Å². The molecule has 0 spiro atoms. The molecule has 0 aliphatic carbocycles. The zero-order valence-electron chi connectivity index (χ0n) is 12.2. The van der Waals surface area contributed by atoms with E-state index < -0.39 is 26.1 Å². The van der Waals surface area contributed by atoms with Gasteiger partial charge >= 0.3 is 0 Å². The van der Waals surface area contributed by atoms with Gasteiger partial charge in [0.05, 0.1) is 17.6 Å². The summed E-state index contributed by atoms with van der Waals surface area (Å²) in [6.07, 6.45) is 2.32. The molecule has 0 bridgehead atoms. The summed E-state index contributed by atoms with van der Waals surface area (Å²) in [5.41, 5.74) is 0.913. The van der Waals surface area contributed by atoms with E-state index in [2.05, 4.69) is 14.9 Å². The largest absolute Gasteiger partial charge is 0.281 e. The molecule has 0 aromatic carbocycles. The lowest BCUT2D eigenvalue weighted by Crippen LogP contribution is -2.49. The van der Waals surface area contributed by atoms with E-state index in [1.807, 2.05) is 0 Å². The topological polar surface area (TPSA) is 112 Å². The Bertz CT molecular complexity index is 704. The molecule has 1 saturated heterocycles. The van der Waals surface area contributed by atoms with Gasteiger partial charge in [0.2, 0.25) is 20.0 Å². The zero-order valence-corrected chi connectivity index (χ0v) is 13.9. The molecule has 0 amide bonds. The fraction of sp³-hybridized carbons (Fsp3) is 0.727. The number of aryl methyl sites for hydroxylation is 2. The van der Waals surface area contributed by atoms with Crippen LogP contribution in [0, 0.1) is 13.8 Å². The van der Waals surface area contributed by atoms with Gasteiger partial charge in [-0.05, 0) is 26.7 Å². The maximum atomic E-state index is 12.7. The van der Waals surface area contributed by atoms with Crippen molar-refractivity contribution < 1.29 is 16.8 Å². The smallest absolute Gasteiger partial charge is 0.246 e. The van der Waals surface area contributed by atoms with Crippen LogP contribution in [0.5, 0.6) is 0 Å². The Balaban J connectivity index is 2.25. The van der Waals surface area contributed by atoms with E-state index >= 15 is 0 Å². The lowest BCUT2D eigenvalue weighted by Gasteiger charge is -2.31. The molecule has 2 heterocycles. The zero-order chi connectivity index (χ0) is 15.8. The van der Waals surface area contributed by atoms with Gasteiger partial charge in [-0.25, -0.2) is 21.6 Å². The van der Waals surface area contributed by atoms with Crippen LogP contribution in [0.4, 0.5) is 0 Å². The maximum Gasteiger partial charge on any atom is 0.246 e. The van der Waals surface area contributed by atoms with Crippen LogP contribution in [0.25, 0.3) is 0 Å². The summed E-state index contributed by atoms with van der Waals surface area (Å²) in [7, 11) is -7.02. The van der Waals surface area contributed by atoms with Crippen LogP contribution in [-0.4, -0.2) is 56.7 Å². The first kappa shape index (κ1) is 16.4. The fourth-order valence-corrected chi connectivity index (χ4v) is 5.26. The van der Waals surface area contributed by atoms with Crippen LogP contribution in [0.3, 0.4) is 0 Å². The fourth-order valence-electron chi connectivity index (χ4n) is 2.61. The second kappa shape index (κ2) is 5.67. The number of aromatic amines is 1. The van der Waals surface area contributed by atoms with E-state index in [0.29, 0.717) is 30.8 Å². The molecule has 0 radical (unpaired) electrons. The molecule has 1 aliphatic rings. The molecule has 10 heteroatoms. The van der Waals surface area contributed by atoms with Crippen molar-refractivity contribution in [1.29, 1.82) is 0 Å². The molecule has 1 fully saturated rings. The van der Waals surface area contributed by atoms with E-state index in [0.717, 1.165) is 6.26 Å². The molecule has 0 saturated carbocycles. The minimum absolute atomic E-state index is 0.138. The molecule has 120 valence electrons. The van der Waals surface area contributed by atoms with Gasteiger partial charge in [0.25, 0.3) is 0 Å². The lowest BCUT2D eigenvalue weighted by molar-refractivity contribution is 0.303. The first-order chi connectivity index (χ1) is 9.61. The highest BCUT2D eigenvalue weighted by Gasteiger charge is 2.34. The minimum Gasteiger partial charge on any atom is -0.281 e. The Morgan fingerprint density at radius 2 is 1.95 bits per heavy atom. The van der Waals surface area contributed by atoms with Crippen molar-refractivity contribution in [2.75, 3.05) is 19.3 Å². The molecular weight excluding hydrogens is 316 g/mol. The highest BCUT2D eigenvalue weighted by Crippen LogP contribution is 2.24. The summed E-state index contributed by atoms with van der Waals surface area (Å²) in [6, 6.07) is -0.393. The Morgan fingerprint density at radius 1 is 1.29 bits per heavy atom. The molecule has 1 aliphatic heterocycles. The predicted molar refractivity (Wildman–Crippen MR) is 77.8 cm³/mol. The third-order valence-electron chi connectivity index (χ3n) is 3.42. The summed E-state index contributed by atoms with van der Waals surface area (Å²) >= 11 is 0. The van der Waals surface area contributed by atoms with Gasteiger partial charge in [0.1, 0.15) is 4.90 Å². The molecule has 1 atom stereocenters. The molecule has 8 nitrogen and oxygen atoms in total. The quantitative estimate of drug-likeness (QED) is 0.786. The van der Waals surface area contributed by atoms with Gasteiger partial charge in [-0.3, -0.25) is 5.10 Å². The monoisotopic (exact) mass is 336 g/mol. The first-order valence-corrected chi connectivity index (χ1v) is 9.93. The number of nitrogens with one attached hydrogen (secondary N) is 2. The van der Waals surface area contributed by atoms with Crippen molar-refractivity contribution in [3.8, 4) is 0 Å². The van der Waals surface area contributed by atoms with Crippen molar-refractivity contribution in [1.82, 2.24) is 19.2 Å². The summed E-state index contributed by atoms with van der Waals surface area (Å²) in [6.45, 7) is 3.81. The number of hydrogen-bond donors (Lipinski definition) is 2. The Labute approximate surface area is 125 Å². The Morgan fingerprint density at radius 3 is 2.48 bits per heavy atom. The number of rotatable bonds is 4. The van der Waals surface area contributed by atoms with E-state index in [-0.39, 0.29) is 11.4 Å². The number of hydrogen-bond acceptors (Lipinski definition) is 5. The predicted octanol–water partition coefficient (Wildman–Crippen LogP) is -0.271. The highest BCUT2D eigenvalue weighted by atomic mass is 32.2. The summed E-state index contributed by atoms with van der Waals surface area (Å²) in [5.74, 6) is 0. The van der Waals surface area contributed by atoms with Crippen molar-refractivity contribution in [2.45, 2.75) is 37.6 Å². The molecule has 2 N–H and O–H groups in total. The molecular formula is C11H20N4O4S2. The van der Waals surface area contributed by atoms with Crippen LogP contribution >= 0.6 is 0 Å². The number of nitrogens with zero attached hydrogens (tertiary/aromatic N) is 2. The summed E-state index contributed by atoms with van der Waals surface area (Å²) in [4.78, 5) is 0.183. The van der Waals surface area contributed by atoms with Crippen LogP contribution in [0.1, 0.15) is 24.2 Å². The Kier molecular flexibility index (Phi) is 4.43. The van der Waals surface area contributed by atoms with Crippen molar-refractivity contribution in [3.63, 3.8) is 0 Å². The molecule has 1 aromatic rings. The summed E-state index contributed by atoms with van der Waals surface area (Å²) < 4.78 is 51.8. The van der Waals surface area contributed by atoms with Crippen LogP contribution in [0.15, 0.2) is 4.90 Å². The number of sulfonamides is 2. The molecule has 1 unspecified atom stereocenters. The Hall–Kier alpha value is -0.970. The van der Waals surface area contributed by atoms with Crippen LogP contribution < -0.4 is 4.72 Å². The second-order valence-corrected chi connectivity index (χ2v) is 9.01. The van der Waals surface area contributed by atoms with Gasteiger partial charge in [-0.1, -0.05) is 0 Å². The normalized spacial score (nSPS) is 21.6. The van der Waals surface area contributed by atoms with E-state index in [1.54, 1.807) is 13.8 Å². The van der Waals surface area contributed by atoms with Crippen LogP contribution in [0.2, 0.25) is 0 Å². The number of piperidine rings is 1. The average Bonchev–Trinajstić information content (AvgIpc) is 2.67. The standard InChI is InChI=1S/C11H20N4O4S2/c1-8-11(9(2)13-12-8)21(18,19)15-6-4-5-10(7-15)14-20(3,16)17/h10,14H,4-7H2,1-3H3,(H,12,13). The number of aromatic nitrogens is 2. The average molecular weight is 336 g/mol. The number of H-pyrrole nitrogens is 1. The molecule has 2 rings (SSSR count). The van der Waals surface area contributed by atoms with Crippen molar-refractivity contribution >= 4 is 20.0 Å². The van der Waals surface area contributed by atoms with Gasteiger partial charge in [0.15, 0.2) is 0 Å². The van der Waals surface area contributed by atoms with Gasteiger partial charge in [-0.15, -0.1) is 0 Å². The minimum atomic E-state index is -3.66. The summed E-state index contributed by atoms with van der Waals surface area (Å²) in [5, 5.41) is 6.58. The molecule has 21 heavy (non-hydrogen) atoms. The lowest BCUT2D eigenvalue weighted by atomic mass is 10.1.